The summed E-state index contributed by atoms with van der Waals surface area (Å²) < 4.78 is 2.10. The number of imidazole rings is 1. The van der Waals surface area contributed by atoms with Gasteiger partial charge in [0.1, 0.15) is 12.1 Å². The number of rotatable bonds is 9. The Hall–Kier alpha value is -2.79. The first-order valence-corrected chi connectivity index (χ1v) is 10.6. The number of hydrogen-bond donors (Lipinski definition) is 2. The SMILES string of the molecule is C=c1c2cc(O)ccc2n2cnc3ccc(NCCCN(CCC)CCC)c1c32. The van der Waals surface area contributed by atoms with Crippen LogP contribution in [0.1, 0.15) is 33.1 Å². The molecule has 0 fully saturated rings. The molecule has 0 aliphatic heterocycles. The number of phenolic OH excluding ortho intramolecular Hbond substituents is 1. The number of aromatic hydroxyl groups is 1. The molecule has 4 aromatic rings. The van der Waals surface area contributed by atoms with Crippen molar-refractivity contribution >= 4 is 39.6 Å². The number of phenols is 1. The number of nitrogens with zero attached hydrogens (tertiary/aromatic N) is 3. The number of pyridine rings is 1. The number of fused-ring (bicyclic) bond motifs is 2. The lowest BCUT2D eigenvalue weighted by Crippen LogP contribution is -2.27. The second-order valence-corrected chi connectivity index (χ2v) is 7.77. The summed E-state index contributed by atoms with van der Waals surface area (Å²) in [5.41, 5.74) is 4.13. The first-order valence-electron chi connectivity index (χ1n) is 10.6. The summed E-state index contributed by atoms with van der Waals surface area (Å²) in [4.78, 5) is 7.12. The molecule has 5 heteroatoms. The molecular weight excluding hydrogens is 360 g/mol. The third kappa shape index (κ3) is 3.62. The molecule has 0 atom stereocenters. The molecule has 4 rings (SSSR count). The summed E-state index contributed by atoms with van der Waals surface area (Å²) in [7, 11) is 0. The molecule has 2 aromatic carbocycles. The molecule has 0 saturated heterocycles. The molecule has 0 amide bonds. The molecule has 0 saturated carbocycles. The minimum Gasteiger partial charge on any atom is -0.508 e. The summed E-state index contributed by atoms with van der Waals surface area (Å²) in [6, 6.07) is 9.59. The minimum atomic E-state index is 0.252. The van der Waals surface area contributed by atoms with Crippen molar-refractivity contribution in [1.82, 2.24) is 14.3 Å². The third-order valence-electron chi connectivity index (χ3n) is 5.62. The summed E-state index contributed by atoms with van der Waals surface area (Å²) in [6.07, 6.45) is 5.35. The Balaban J connectivity index is 1.65. The van der Waals surface area contributed by atoms with Gasteiger partial charge in [-0.15, -0.1) is 0 Å². The number of hydrogen-bond acceptors (Lipinski definition) is 4. The molecule has 0 unspecified atom stereocenters. The highest BCUT2D eigenvalue weighted by atomic mass is 16.3. The average molecular weight is 391 g/mol. The normalized spacial score (nSPS) is 12.0. The number of benzene rings is 2. The van der Waals surface area contributed by atoms with E-state index in [1.165, 1.54) is 25.9 Å². The Morgan fingerprint density at radius 1 is 1.10 bits per heavy atom. The zero-order chi connectivity index (χ0) is 20.4. The highest BCUT2D eigenvalue weighted by Crippen LogP contribution is 2.29. The van der Waals surface area contributed by atoms with Crippen LogP contribution < -0.4 is 10.5 Å². The van der Waals surface area contributed by atoms with Crippen LogP contribution in [0, 0.1) is 0 Å². The predicted molar refractivity (Wildman–Crippen MR) is 123 cm³/mol. The van der Waals surface area contributed by atoms with Crippen molar-refractivity contribution in [3.05, 3.63) is 41.9 Å². The standard InChI is InChI=1S/C24H30N4O/c1-4-12-27(13-5-2)14-6-11-25-20-8-9-21-24-23(20)17(3)19-15-18(29)7-10-22(19)28(24)16-26-21/h7-10,15-16,25,29H,3-6,11-14H2,1-2H3. The van der Waals surface area contributed by atoms with E-state index >= 15 is 0 Å². The molecule has 152 valence electrons. The molecular formula is C24H30N4O. The van der Waals surface area contributed by atoms with Crippen LogP contribution in [0.4, 0.5) is 5.69 Å². The molecule has 0 bridgehead atoms. The topological polar surface area (TPSA) is 52.8 Å². The fourth-order valence-corrected chi connectivity index (χ4v) is 4.35. The quantitative estimate of drug-likeness (QED) is 0.329. The maximum atomic E-state index is 9.99. The fourth-order valence-electron chi connectivity index (χ4n) is 4.35. The van der Waals surface area contributed by atoms with Gasteiger partial charge in [-0.2, -0.15) is 0 Å². The van der Waals surface area contributed by atoms with E-state index in [0.29, 0.717) is 0 Å². The zero-order valence-corrected chi connectivity index (χ0v) is 17.4. The van der Waals surface area contributed by atoms with Crippen LogP contribution >= 0.6 is 0 Å². The van der Waals surface area contributed by atoms with E-state index in [0.717, 1.165) is 57.7 Å². The summed E-state index contributed by atoms with van der Waals surface area (Å²) in [6.45, 7) is 13.2. The van der Waals surface area contributed by atoms with Crippen molar-refractivity contribution in [2.24, 2.45) is 0 Å². The first kappa shape index (κ1) is 19.5. The zero-order valence-electron chi connectivity index (χ0n) is 17.4. The van der Waals surface area contributed by atoms with E-state index in [1.807, 2.05) is 12.4 Å². The summed E-state index contributed by atoms with van der Waals surface area (Å²) >= 11 is 0. The largest absolute Gasteiger partial charge is 0.508 e. The lowest BCUT2D eigenvalue weighted by molar-refractivity contribution is 0.274. The second kappa shape index (κ2) is 8.29. The molecule has 0 aliphatic rings. The van der Waals surface area contributed by atoms with E-state index in [-0.39, 0.29) is 5.75 Å². The summed E-state index contributed by atoms with van der Waals surface area (Å²) in [5.74, 6) is 0.252. The van der Waals surface area contributed by atoms with Gasteiger partial charge in [-0.05, 0) is 74.4 Å². The average Bonchev–Trinajstić information content (AvgIpc) is 3.14. The number of nitrogens with one attached hydrogen (secondary N) is 1. The van der Waals surface area contributed by atoms with Crippen LogP contribution in [0.5, 0.6) is 5.75 Å². The van der Waals surface area contributed by atoms with Crippen LogP contribution in [0.25, 0.3) is 33.9 Å². The Morgan fingerprint density at radius 2 is 1.90 bits per heavy atom. The van der Waals surface area contributed by atoms with E-state index in [1.54, 1.807) is 12.1 Å². The lowest BCUT2D eigenvalue weighted by atomic mass is 10.1. The monoisotopic (exact) mass is 390 g/mol. The minimum absolute atomic E-state index is 0.252. The van der Waals surface area contributed by atoms with Gasteiger partial charge in [0.05, 0.1) is 16.6 Å². The van der Waals surface area contributed by atoms with Crippen molar-refractivity contribution < 1.29 is 5.11 Å². The Bertz CT molecular complexity index is 1170. The van der Waals surface area contributed by atoms with Crippen molar-refractivity contribution in [2.75, 3.05) is 31.5 Å². The summed E-state index contributed by atoms with van der Waals surface area (Å²) in [5, 5.41) is 16.6. The van der Waals surface area contributed by atoms with Crippen molar-refractivity contribution in [3.63, 3.8) is 0 Å². The van der Waals surface area contributed by atoms with Gasteiger partial charge in [0.15, 0.2) is 0 Å². The van der Waals surface area contributed by atoms with Gasteiger partial charge < -0.3 is 15.3 Å². The molecule has 2 aromatic heterocycles. The first-order chi connectivity index (χ1) is 14.1. The van der Waals surface area contributed by atoms with Crippen LogP contribution in [0.2, 0.25) is 0 Å². The van der Waals surface area contributed by atoms with Gasteiger partial charge in [-0.3, -0.25) is 4.40 Å². The van der Waals surface area contributed by atoms with Crippen LogP contribution in [0.15, 0.2) is 36.7 Å². The number of aromatic nitrogens is 2. The van der Waals surface area contributed by atoms with E-state index in [4.69, 9.17) is 0 Å². The van der Waals surface area contributed by atoms with Crippen LogP contribution in [-0.4, -0.2) is 45.6 Å². The molecule has 5 nitrogen and oxygen atoms in total. The molecule has 0 radical (unpaired) electrons. The van der Waals surface area contributed by atoms with Gasteiger partial charge >= 0.3 is 0 Å². The maximum absolute atomic E-state index is 9.99. The Morgan fingerprint density at radius 3 is 2.66 bits per heavy atom. The third-order valence-corrected chi connectivity index (χ3v) is 5.62. The highest BCUT2D eigenvalue weighted by molar-refractivity contribution is 6.07. The van der Waals surface area contributed by atoms with Gasteiger partial charge in [0, 0.05) is 23.0 Å². The second-order valence-electron chi connectivity index (χ2n) is 7.77. The van der Waals surface area contributed by atoms with E-state index in [2.05, 4.69) is 52.2 Å². The predicted octanol–water partition coefficient (Wildman–Crippen LogP) is 4.40. The van der Waals surface area contributed by atoms with E-state index in [9.17, 15) is 5.11 Å². The Labute approximate surface area is 171 Å². The highest BCUT2D eigenvalue weighted by Gasteiger charge is 2.14. The molecule has 0 aliphatic carbocycles. The van der Waals surface area contributed by atoms with Crippen LogP contribution in [-0.2, 0) is 0 Å². The van der Waals surface area contributed by atoms with Gasteiger partial charge in [0.2, 0.25) is 0 Å². The van der Waals surface area contributed by atoms with Gasteiger partial charge in [-0.1, -0.05) is 20.4 Å². The maximum Gasteiger partial charge on any atom is 0.116 e. The molecule has 0 spiro atoms. The smallest absolute Gasteiger partial charge is 0.116 e. The molecule has 2 heterocycles. The van der Waals surface area contributed by atoms with Crippen molar-refractivity contribution in [2.45, 2.75) is 33.1 Å². The van der Waals surface area contributed by atoms with Crippen molar-refractivity contribution in [1.29, 1.82) is 0 Å². The van der Waals surface area contributed by atoms with Gasteiger partial charge in [0.25, 0.3) is 0 Å². The number of anilines is 1. The molecule has 2 N–H and O–H groups in total. The molecule has 29 heavy (non-hydrogen) atoms. The van der Waals surface area contributed by atoms with E-state index < -0.39 is 0 Å². The Kier molecular flexibility index (Phi) is 5.58. The van der Waals surface area contributed by atoms with Gasteiger partial charge in [-0.25, -0.2) is 4.98 Å². The lowest BCUT2D eigenvalue weighted by Gasteiger charge is -2.21. The fraction of sp³-hybridized carbons (Fsp3) is 0.375. The van der Waals surface area contributed by atoms with Crippen LogP contribution in [0.3, 0.4) is 0 Å². The van der Waals surface area contributed by atoms with Crippen molar-refractivity contribution in [3.8, 4) is 5.75 Å².